The SMILES string of the molecule is Cc1cc(C)c(-c2cccc3sc(Nc4c(C)cccc4C)nc23)c(C)c1. The summed E-state index contributed by atoms with van der Waals surface area (Å²) in [6.07, 6.45) is 0. The molecule has 2 nitrogen and oxygen atoms in total. The molecule has 0 aliphatic rings. The number of nitrogens with zero attached hydrogens (tertiary/aromatic N) is 1. The highest BCUT2D eigenvalue weighted by atomic mass is 32.1. The molecule has 0 amide bonds. The zero-order chi connectivity index (χ0) is 19.1. The van der Waals surface area contributed by atoms with Crippen molar-refractivity contribution in [3.63, 3.8) is 0 Å². The van der Waals surface area contributed by atoms with E-state index in [2.05, 4.69) is 88.5 Å². The molecule has 1 heterocycles. The summed E-state index contributed by atoms with van der Waals surface area (Å²) in [5.74, 6) is 0. The molecule has 1 N–H and O–H groups in total. The zero-order valence-corrected chi connectivity index (χ0v) is 17.3. The maximum Gasteiger partial charge on any atom is 0.188 e. The van der Waals surface area contributed by atoms with E-state index in [-0.39, 0.29) is 0 Å². The number of hydrogen-bond acceptors (Lipinski definition) is 3. The topological polar surface area (TPSA) is 24.9 Å². The minimum Gasteiger partial charge on any atom is -0.331 e. The molecular formula is C24H24N2S. The Balaban J connectivity index is 1.84. The Morgan fingerprint density at radius 3 is 2.07 bits per heavy atom. The van der Waals surface area contributed by atoms with Crippen LogP contribution in [0.1, 0.15) is 27.8 Å². The first-order chi connectivity index (χ1) is 12.9. The number of rotatable bonds is 3. The Bertz CT molecular complexity index is 1110. The van der Waals surface area contributed by atoms with E-state index < -0.39 is 0 Å². The summed E-state index contributed by atoms with van der Waals surface area (Å²) in [5.41, 5.74) is 11.1. The van der Waals surface area contributed by atoms with E-state index in [4.69, 9.17) is 4.98 Å². The first kappa shape index (κ1) is 17.7. The van der Waals surface area contributed by atoms with Gasteiger partial charge in [0.15, 0.2) is 5.13 Å². The van der Waals surface area contributed by atoms with E-state index in [0.29, 0.717) is 0 Å². The highest BCUT2D eigenvalue weighted by Crippen LogP contribution is 2.38. The zero-order valence-electron chi connectivity index (χ0n) is 16.5. The van der Waals surface area contributed by atoms with Crippen LogP contribution in [0, 0.1) is 34.6 Å². The van der Waals surface area contributed by atoms with Gasteiger partial charge in [0, 0.05) is 11.3 Å². The molecule has 0 atom stereocenters. The van der Waals surface area contributed by atoms with Crippen LogP contribution in [0.5, 0.6) is 0 Å². The molecule has 27 heavy (non-hydrogen) atoms. The highest BCUT2D eigenvalue weighted by molar-refractivity contribution is 7.22. The average molecular weight is 373 g/mol. The number of para-hydroxylation sites is 2. The van der Waals surface area contributed by atoms with Gasteiger partial charge in [0.1, 0.15) is 0 Å². The van der Waals surface area contributed by atoms with Crippen LogP contribution in [0.15, 0.2) is 48.5 Å². The molecule has 0 aliphatic carbocycles. The molecule has 4 rings (SSSR count). The first-order valence-electron chi connectivity index (χ1n) is 9.25. The van der Waals surface area contributed by atoms with Crippen LogP contribution in [0.2, 0.25) is 0 Å². The van der Waals surface area contributed by atoms with Gasteiger partial charge in [0.2, 0.25) is 0 Å². The lowest BCUT2D eigenvalue weighted by Crippen LogP contribution is -1.95. The summed E-state index contributed by atoms with van der Waals surface area (Å²) in [4.78, 5) is 4.98. The van der Waals surface area contributed by atoms with Crippen LogP contribution in [0.3, 0.4) is 0 Å². The van der Waals surface area contributed by atoms with Gasteiger partial charge in [0.05, 0.1) is 10.2 Å². The number of hydrogen-bond donors (Lipinski definition) is 1. The number of aryl methyl sites for hydroxylation is 5. The summed E-state index contributed by atoms with van der Waals surface area (Å²) in [5, 5.41) is 4.50. The second-order valence-electron chi connectivity index (χ2n) is 7.34. The van der Waals surface area contributed by atoms with Crippen molar-refractivity contribution in [2.45, 2.75) is 34.6 Å². The largest absolute Gasteiger partial charge is 0.331 e. The van der Waals surface area contributed by atoms with Gasteiger partial charge in [-0.25, -0.2) is 4.98 Å². The number of nitrogens with one attached hydrogen (secondary N) is 1. The predicted octanol–water partition coefficient (Wildman–Crippen LogP) is 7.25. The van der Waals surface area contributed by atoms with Crippen LogP contribution in [-0.4, -0.2) is 4.98 Å². The van der Waals surface area contributed by atoms with Gasteiger partial charge in [-0.05, 0) is 68.5 Å². The van der Waals surface area contributed by atoms with Gasteiger partial charge in [0.25, 0.3) is 0 Å². The number of aromatic nitrogens is 1. The fraction of sp³-hybridized carbons (Fsp3) is 0.208. The maximum atomic E-state index is 4.98. The summed E-state index contributed by atoms with van der Waals surface area (Å²) < 4.78 is 1.21. The predicted molar refractivity (Wildman–Crippen MR) is 118 cm³/mol. The van der Waals surface area contributed by atoms with Gasteiger partial charge in [-0.2, -0.15) is 0 Å². The summed E-state index contributed by atoms with van der Waals surface area (Å²) >= 11 is 1.71. The molecule has 0 bridgehead atoms. The minimum atomic E-state index is 0.942. The molecule has 0 radical (unpaired) electrons. The molecule has 0 saturated heterocycles. The van der Waals surface area contributed by atoms with Crippen molar-refractivity contribution < 1.29 is 0 Å². The lowest BCUT2D eigenvalue weighted by Gasteiger charge is -2.12. The number of benzene rings is 3. The number of anilines is 2. The van der Waals surface area contributed by atoms with Crippen LogP contribution >= 0.6 is 11.3 Å². The van der Waals surface area contributed by atoms with Crippen LogP contribution in [0.4, 0.5) is 10.8 Å². The van der Waals surface area contributed by atoms with Crippen LogP contribution in [-0.2, 0) is 0 Å². The van der Waals surface area contributed by atoms with Crippen molar-refractivity contribution in [2.24, 2.45) is 0 Å². The Kier molecular flexibility index (Phi) is 4.48. The van der Waals surface area contributed by atoms with Crippen LogP contribution in [0.25, 0.3) is 21.3 Å². The van der Waals surface area contributed by atoms with E-state index >= 15 is 0 Å². The number of thiazole rings is 1. The molecule has 0 saturated carbocycles. The van der Waals surface area contributed by atoms with Gasteiger partial charge < -0.3 is 5.32 Å². The molecule has 0 spiro atoms. The average Bonchev–Trinajstić information content (AvgIpc) is 3.01. The van der Waals surface area contributed by atoms with Crippen molar-refractivity contribution in [3.05, 3.63) is 76.3 Å². The second-order valence-corrected chi connectivity index (χ2v) is 8.37. The van der Waals surface area contributed by atoms with Crippen molar-refractivity contribution in [1.29, 1.82) is 0 Å². The molecule has 1 aromatic heterocycles. The smallest absolute Gasteiger partial charge is 0.188 e. The van der Waals surface area contributed by atoms with Crippen molar-refractivity contribution in [2.75, 3.05) is 5.32 Å². The molecule has 3 heteroatoms. The Morgan fingerprint density at radius 2 is 1.41 bits per heavy atom. The third kappa shape index (κ3) is 3.24. The monoisotopic (exact) mass is 372 g/mol. The van der Waals surface area contributed by atoms with Gasteiger partial charge in [-0.15, -0.1) is 0 Å². The van der Waals surface area contributed by atoms with E-state index in [1.807, 2.05) is 0 Å². The third-order valence-corrected chi connectivity index (χ3v) is 6.01. The first-order valence-corrected chi connectivity index (χ1v) is 10.1. The lowest BCUT2D eigenvalue weighted by molar-refractivity contribution is 1.32. The second kappa shape index (κ2) is 6.82. The molecular weight excluding hydrogens is 348 g/mol. The molecule has 4 aromatic rings. The molecule has 0 fully saturated rings. The maximum absolute atomic E-state index is 4.98. The summed E-state index contributed by atoms with van der Waals surface area (Å²) in [7, 11) is 0. The fourth-order valence-corrected chi connectivity index (χ4v) is 4.82. The fourth-order valence-electron chi connectivity index (χ4n) is 3.93. The van der Waals surface area contributed by atoms with E-state index in [0.717, 1.165) is 16.3 Å². The van der Waals surface area contributed by atoms with E-state index in [1.54, 1.807) is 11.3 Å². The highest BCUT2D eigenvalue weighted by Gasteiger charge is 2.14. The van der Waals surface area contributed by atoms with Crippen molar-refractivity contribution in [3.8, 4) is 11.1 Å². The molecule has 0 unspecified atom stereocenters. The lowest BCUT2D eigenvalue weighted by atomic mass is 9.93. The normalized spacial score (nSPS) is 11.1. The molecule has 3 aromatic carbocycles. The van der Waals surface area contributed by atoms with Gasteiger partial charge in [-0.1, -0.05) is 59.4 Å². The quantitative estimate of drug-likeness (QED) is 0.410. The standard InChI is InChI=1S/C24H24N2S/c1-14-12-17(4)21(18(5)13-14)19-10-7-11-20-23(19)26-24(27-20)25-22-15(2)8-6-9-16(22)3/h6-13H,1-5H3,(H,25,26). The van der Waals surface area contributed by atoms with Crippen molar-refractivity contribution in [1.82, 2.24) is 4.98 Å². The molecule has 136 valence electrons. The summed E-state index contributed by atoms with van der Waals surface area (Å²) in [6, 6.07) is 17.3. The van der Waals surface area contributed by atoms with E-state index in [1.165, 1.54) is 43.6 Å². The van der Waals surface area contributed by atoms with Crippen molar-refractivity contribution >= 4 is 32.4 Å². The van der Waals surface area contributed by atoms with Gasteiger partial charge in [-0.3, -0.25) is 0 Å². The Morgan fingerprint density at radius 1 is 0.778 bits per heavy atom. The Labute approximate surface area is 164 Å². The third-order valence-electron chi connectivity index (χ3n) is 5.08. The molecule has 0 aliphatic heterocycles. The van der Waals surface area contributed by atoms with Crippen LogP contribution < -0.4 is 5.32 Å². The summed E-state index contributed by atoms with van der Waals surface area (Å²) in [6.45, 7) is 10.8. The van der Waals surface area contributed by atoms with Gasteiger partial charge >= 0.3 is 0 Å². The minimum absolute atomic E-state index is 0.942. The van der Waals surface area contributed by atoms with E-state index in [9.17, 15) is 0 Å². The number of fused-ring (bicyclic) bond motifs is 1. The Hall–Kier alpha value is -2.65.